The van der Waals surface area contributed by atoms with Gasteiger partial charge in [0.15, 0.2) is 0 Å². The third-order valence-electron chi connectivity index (χ3n) is 4.81. The summed E-state index contributed by atoms with van der Waals surface area (Å²) in [5.41, 5.74) is 2.81. The number of rotatable bonds is 1. The van der Waals surface area contributed by atoms with Gasteiger partial charge in [0.1, 0.15) is 5.15 Å². The summed E-state index contributed by atoms with van der Waals surface area (Å²) in [4.78, 5) is 4.47. The van der Waals surface area contributed by atoms with Crippen LogP contribution in [0.25, 0.3) is 0 Å². The summed E-state index contributed by atoms with van der Waals surface area (Å²) in [5.74, 6) is 0. The fourth-order valence-electron chi connectivity index (χ4n) is 2.88. The SMILES string of the molecule is CC1(C)OB(c2cc(Cl)nc3c2CCCC3)OC1(C)C. The quantitative estimate of drug-likeness (QED) is 0.589. The van der Waals surface area contributed by atoms with Gasteiger partial charge in [0.05, 0.1) is 11.2 Å². The highest BCUT2D eigenvalue weighted by atomic mass is 35.5. The molecule has 0 bridgehead atoms. The van der Waals surface area contributed by atoms with E-state index in [9.17, 15) is 0 Å². The van der Waals surface area contributed by atoms with Gasteiger partial charge < -0.3 is 9.31 Å². The summed E-state index contributed by atoms with van der Waals surface area (Å²) in [6, 6.07) is 1.91. The van der Waals surface area contributed by atoms with Gasteiger partial charge in [0.25, 0.3) is 0 Å². The molecule has 0 radical (unpaired) electrons. The second-order valence-electron chi connectivity index (χ2n) is 6.75. The molecule has 0 aromatic carbocycles. The van der Waals surface area contributed by atoms with Gasteiger partial charge in [-0.2, -0.15) is 0 Å². The van der Waals surface area contributed by atoms with Gasteiger partial charge in [-0.05, 0) is 70.5 Å². The third-order valence-corrected chi connectivity index (χ3v) is 5.00. The van der Waals surface area contributed by atoms with Crippen LogP contribution < -0.4 is 5.46 Å². The Bertz CT molecular complexity index is 529. The Morgan fingerprint density at radius 2 is 1.70 bits per heavy atom. The fourth-order valence-corrected chi connectivity index (χ4v) is 3.10. The number of hydrogen-bond acceptors (Lipinski definition) is 3. The van der Waals surface area contributed by atoms with Crippen molar-refractivity contribution >= 4 is 24.2 Å². The van der Waals surface area contributed by atoms with Crippen molar-refractivity contribution in [1.29, 1.82) is 0 Å². The van der Waals surface area contributed by atoms with Crippen molar-refractivity contribution in [1.82, 2.24) is 4.98 Å². The van der Waals surface area contributed by atoms with Gasteiger partial charge in [-0.25, -0.2) is 4.98 Å². The largest absolute Gasteiger partial charge is 0.495 e. The van der Waals surface area contributed by atoms with E-state index < -0.39 is 0 Å². The monoisotopic (exact) mass is 293 g/mol. The van der Waals surface area contributed by atoms with Gasteiger partial charge in [-0.3, -0.25) is 0 Å². The molecular weight excluding hydrogens is 272 g/mol. The molecule has 0 saturated carbocycles. The predicted octanol–water partition coefficient (Wildman–Crippen LogP) is 2.91. The molecule has 0 unspecified atom stereocenters. The molecule has 1 saturated heterocycles. The molecule has 5 heteroatoms. The highest BCUT2D eigenvalue weighted by molar-refractivity contribution is 6.63. The van der Waals surface area contributed by atoms with E-state index in [2.05, 4.69) is 32.7 Å². The molecule has 0 spiro atoms. The first-order chi connectivity index (χ1) is 9.30. The van der Waals surface area contributed by atoms with Crippen molar-refractivity contribution in [3.05, 3.63) is 22.5 Å². The second kappa shape index (κ2) is 4.72. The van der Waals surface area contributed by atoms with Crippen LogP contribution in [0.5, 0.6) is 0 Å². The number of pyridine rings is 1. The van der Waals surface area contributed by atoms with Gasteiger partial charge in [0.2, 0.25) is 0 Å². The zero-order chi connectivity index (χ0) is 14.5. The minimum atomic E-state index is -0.340. The van der Waals surface area contributed by atoms with Crippen molar-refractivity contribution in [3.63, 3.8) is 0 Å². The molecule has 1 aliphatic carbocycles. The lowest BCUT2D eigenvalue weighted by Crippen LogP contribution is -2.41. The molecule has 1 aliphatic heterocycles. The lowest BCUT2D eigenvalue weighted by molar-refractivity contribution is 0.00578. The van der Waals surface area contributed by atoms with Crippen LogP contribution in [0.3, 0.4) is 0 Å². The average molecular weight is 294 g/mol. The van der Waals surface area contributed by atoms with Gasteiger partial charge >= 0.3 is 7.12 Å². The highest BCUT2D eigenvalue weighted by Crippen LogP contribution is 2.37. The summed E-state index contributed by atoms with van der Waals surface area (Å²) >= 11 is 6.18. The normalized spacial score (nSPS) is 23.8. The summed E-state index contributed by atoms with van der Waals surface area (Å²) in [5, 5.41) is 0.537. The molecule has 1 fully saturated rings. The molecule has 20 heavy (non-hydrogen) atoms. The van der Waals surface area contributed by atoms with Crippen molar-refractivity contribution in [2.45, 2.75) is 64.6 Å². The van der Waals surface area contributed by atoms with Crippen LogP contribution >= 0.6 is 11.6 Å². The summed E-state index contributed by atoms with van der Waals surface area (Å²) < 4.78 is 12.3. The summed E-state index contributed by atoms with van der Waals surface area (Å²) in [6.45, 7) is 8.29. The lowest BCUT2D eigenvalue weighted by Gasteiger charge is -2.32. The highest BCUT2D eigenvalue weighted by Gasteiger charge is 2.52. The molecule has 0 amide bonds. The fraction of sp³-hybridized carbons (Fsp3) is 0.667. The van der Waals surface area contributed by atoms with Crippen LogP contribution in [-0.2, 0) is 22.2 Å². The zero-order valence-electron chi connectivity index (χ0n) is 12.6. The van der Waals surface area contributed by atoms with Gasteiger partial charge in [-0.1, -0.05) is 11.6 Å². The van der Waals surface area contributed by atoms with E-state index in [4.69, 9.17) is 20.9 Å². The summed E-state index contributed by atoms with van der Waals surface area (Å²) in [6.07, 6.45) is 4.42. The van der Waals surface area contributed by atoms with Crippen molar-refractivity contribution in [2.75, 3.05) is 0 Å². The average Bonchev–Trinajstić information content (AvgIpc) is 2.57. The predicted molar refractivity (Wildman–Crippen MR) is 81.6 cm³/mol. The molecule has 0 atom stereocenters. The zero-order valence-corrected chi connectivity index (χ0v) is 13.4. The van der Waals surface area contributed by atoms with E-state index in [1.807, 2.05) is 6.07 Å². The maximum atomic E-state index is 6.18. The number of fused-ring (bicyclic) bond motifs is 1. The van der Waals surface area contributed by atoms with E-state index in [0.29, 0.717) is 5.15 Å². The molecule has 0 N–H and O–H groups in total. The minimum Gasteiger partial charge on any atom is -0.399 e. The molecule has 108 valence electrons. The topological polar surface area (TPSA) is 31.4 Å². The standard InChI is InChI=1S/C15H21BClNO2/c1-14(2)15(3,4)20-16(19-14)11-9-13(17)18-12-8-6-5-7-10(11)12/h9H,5-8H2,1-4H3. The molecule has 3 nitrogen and oxygen atoms in total. The van der Waals surface area contributed by atoms with Crippen molar-refractivity contribution in [3.8, 4) is 0 Å². The Kier molecular flexibility index (Phi) is 3.39. The van der Waals surface area contributed by atoms with Crippen LogP contribution in [0, 0.1) is 0 Å². The Hall–Kier alpha value is -0.575. The smallest absolute Gasteiger partial charge is 0.399 e. The maximum absolute atomic E-state index is 6.18. The van der Waals surface area contributed by atoms with Crippen LogP contribution in [0.1, 0.15) is 51.8 Å². The number of hydrogen-bond donors (Lipinski definition) is 0. The number of aromatic nitrogens is 1. The van der Waals surface area contributed by atoms with E-state index >= 15 is 0 Å². The number of halogens is 1. The molecule has 1 aromatic rings. The minimum absolute atomic E-state index is 0.324. The number of nitrogens with zero attached hydrogens (tertiary/aromatic N) is 1. The second-order valence-corrected chi connectivity index (χ2v) is 7.14. The Morgan fingerprint density at radius 3 is 2.35 bits per heavy atom. The summed E-state index contributed by atoms with van der Waals surface area (Å²) in [7, 11) is -0.340. The first kappa shape index (κ1) is 14.4. The Morgan fingerprint density at radius 1 is 1.10 bits per heavy atom. The Labute approximate surface area is 126 Å². The van der Waals surface area contributed by atoms with Crippen molar-refractivity contribution in [2.24, 2.45) is 0 Å². The van der Waals surface area contributed by atoms with Crippen LogP contribution in [0.15, 0.2) is 6.07 Å². The van der Waals surface area contributed by atoms with Crippen LogP contribution in [0.2, 0.25) is 5.15 Å². The first-order valence-electron chi connectivity index (χ1n) is 7.34. The van der Waals surface area contributed by atoms with E-state index in [-0.39, 0.29) is 18.3 Å². The van der Waals surface area contributed by atoms with E-state index in [1.165, 1.54) is 18.4 Å². The van der Waals surface area contributed by atoms with Crippen LogP contribution in [0.4, 0.5) is 0 Å². The maximum Gasteiger partial charge on any atom is 0.495 e. The molecule has 3 rings (SSSR count). The Balaban J connectivity index is 2.01. The molecule has 2 aliphatic rings. The third kappa shape index (κ3) is 2.28. The molecule has 1 aromatic heterocycles. The van der Waals surface area contributed by atoms with E-state index in [1.54, 1.807) is 0 Å². The van der Waals surface area contributed by atoms with Gasteiger partial charge in [0, 0.05) is 5.69 Å². The lowest BCUT2D eigenvalue weighted by atomic mass is 9.73. The van der Waals surface area contributed by atoms with Crippen molar-refractivity contribution < 1.29 is 9.31 Å². The van der Waals surface area contributed by atoms with Crippen LogP contribution in [-0.4, -0.2) is 23.3 Å². The van der Waals surface area contributed by atoms with E-state index in [0.717, 1.165) is 24.0 Å². The first-order valence-corrected chi connectivity index (χ1v) is 7.72. The number of aryl methyl sites for hydroxylation is 1. The van der Waals surface area contributed by atoms with Gasteiger partial charge in [-0.15, -0.1) is 0 Å². The molecular formula is C15H21BClNO2. The molecule has 2 heterocycles.